The molecule has 4 unspecified atom stereocenters. The lowest BCUT2D eigenvalue weighted by Crippen LogP contribution is -2.20. The summed E-state index contributed by atoms with van der Waals surface area (Å²) in [6, 6.07) is 8.08. The van der Waals surface area contributed by atoms with Crippen LogP contribution in [0.3, 0.4) is 0 Å². The van der Waals surface area contributed by atoms with Gasteiger partial charge in [-0.05, 0) is 30.9 Å². The number of carbonyl (C=O) groups excluding carboxylic acids is 1. The van der Waals surface area contributed by atoms with Gasteiger partial charge in [-0.15, -0.1) is 11.8 Å². The van der Waals surface area contributed by atoms with Crippen LogP contribution in [0.5, 0.6) is 0 Å². The van der Waals surface area contributed by atoms with Gasteiger partial charge in [-0.3, -0.25) is 9.59 Å². The third-order valence-corrected chi connectivity index (χ3v) is 6.40. The van der Waals surface area contributed by atoms with Crippen molar-refractivity contribution in [3.63, 3.8) is 0 Å². The van der Waals surface area contributed by atoms with Crippen LogP contribution in [0.15, 0.2) is 29.2 Å². The molecule has 1 N–H and O–H groups in total. The molecule has 0 amide bonds. The summed E-state index contributed by atoms with van der Waals surface area (Å²) in [6.45, 7) is 3.99. The van der Waals surface area contributed by atoms with Crippen LogP contribution in [0.1, 0.15) is 25.3 Å². The molecule has 4 heteroatoms. The predicted molar refractivity (Wildman–Crippen MR) is 77.8 cm³/mol. The average Bonchev–Trinajstić information content (AvgIpc) is 3.03. The smallest absolute Gasteiger partial charge is 0.307 e. The maximum absolute atomic E-state index is 12.3. The molecular formula is C16H18O3S. The molecule has 4 atom stereocenters. The van der Waals surface area contributed by atoms with Crippen LogP contribution in [0.4, 0.5) is 0 Å². The lowest BCUT2D eigenvalue weighted by atomic mass is 9.95. The Balaban J connectivity index is 1.85. The third kappa shape index (κ3) is 1.74. The second kappa shape index (κ2) is 4.62. The minimum Gasteiger partial charge on any atom is -0.481 e. The number of ketones is 1. The van der Waals surface area contributed by atoms with Crippen LogP contribution in [0.25, 0.3) is 0 Å². The molecule has 2 aliphatic rings. The summed E-state index contributed by atoms with van der Waals surface area (Å²) in [4.78, 5) is 24.8. The Morgan fingerprint density at radius 3 is 2.70 bits per heavy atom. The highest BCUT2D eigenvalue weighted by atomic mass is 32.2. The summed E-state index contributed by atoms with van der Waals surface area (Å²) < 4.78 is 0. The quantitative estimate of drug-likeness (QED) is 0.925. The molecule has 3 nitrogen and oxygen atoms in total. The Bertz CT molecular complexity index is 583. The van der Waals surface area contributed by atoms with Gasteiger partial charge in [0.2, 0.25) is 0 Å². The number of hydrogen-bond donors (Lipinski definition) is 1. The normalized spacial score (nSPS) is 34.9. The molecule has 3 rings (SSSR count). The standard InChI is InChI=1S/C16H18O3S/c1-3-16-12(17)8-11(13(16)14(16)15(18)19)20-10-7-5-4-6-9(10)2/h4-7,11,13-14H,3,8H2,1-2H3,(H,18,19). The monoisotopic (exact) mass is 290 g/mol. The molecule has 2 aliphatic carbocycles. The molecule has 1 aromatic carbocycles. The van der Waals surface area contributed by atoms with E-state index in [0.29, 0.717) is 12.8 Å². The molecule has 2 fully saturated rings. The van der Waals surface area contributed by atoms with E-state index in [0.717, 1.165) is 4.90 Å². The van der Waals surface area contributed by atoms with Gasteiger partial charge in [0.25, 0.3) is 0 Å². The van der Waals surface area contributed by atoms with E-state index in [4.69, 9.17) is 0 Å². The maximum Gasteiger partial charge on any atom is 0.307 e. The van der Waals surface area contributed by atoms with E-state index in [-0.39, 0.29) is 17.0 Å². The Kier molecular flexibility index (Phi) is 3.16. The molecule has 2 saturated carbocycles. The van der Waals surface area contributed by atoms with E-state index in [1.54, 1.807) is 11.8 Å². The Hall–Kier alpha value is -1.29. The number of fused-ring (bicyclic) bond motifs is 1. The van der Waals surface area contributed by atoms with Crippen molar-refractivity contribution < 1.29 is 14.7 Å². The fraction of sp³-hybridized carbons (Fsp3) is 0.500. The number of benzene rings is 1. The van der Waals surface area contributed by atoms with Crippen molar-refractivity contribution in [3.05, 3.63) is 29.8 Å². The molecule has 0 aromatic heterocycles. The van der Waals surface area contributed by atoms with E-state index < -0.39 is 17.3 Å². The Morgan fingerprint density at radius 2 is 2.15 bits per heavy atom. The van der Waals surface area contributed by atoms with Crippen molar-refractivity contribution in [2.24, 2.45) is 17.3 Å². The van der Waals surface area contributed by atoms with Gasteiger partial charge in [0.1, 0.15) is 5.78 Å². The van der Waals surface area contributed by atoms with Crippen LogP contribution in [-0.2, 0) is 9.59 Å². The molecule has 0 radical (unpaired) electrons. The van der Waals surface area contributed by atoms with E-state index in [9.17, 15) is 14.7 Å². The molecular weight excluding hydrogens is 272 g/mol. The number of carboxylic acids is 1. The molecule has 0 saturated heterocycles. The van der Waals surface area contributed by atoms with Gasteiger partial charge >= 0.3 is 5.97 Å². The minimum absolute atomic E-state index is 0.0158. The summed E-state index contributed by atoms with van der Waals surface area (Å²) in [5, 5.41) is 9.47. The summed E-state index contributed by atoms with van der Waals surface area (Å²) in [7, 11) is 0. The van der Waals surface area contributed by atoms with Gasteiger partial charge in [0, 0.05) is 22.0 Å². The Morgan fingerprint density at radius 1 is 1.45 bits per heavy atom. The van der Waals surface area contributed by atoms with Crippen LogP contribution in [0.2, 0.25) is 0 Å². The molecule has 106 valence electrons. The number of Topliss-reactive ketones (excluding diaryl/α,β-unsaturated/α-hetero) is 1. The highest BCUT2D eigenvalue weighted by Gasteiger charge is 2.77. The molecule has 1 aromatic rings. The molecule has 0 heterocycles. The molecule has 0 bridgehead atoms. The highest BCUT2D eigenvalue weighted by molar-refractivity contribution is 8.00. The van der Waals surface area contributed by atoms with Crippen molar-refractivity contribution in [2.45, 2.75) is 36.8 Å². The summed E-state index contributed by atoms with van der Waals surface area (Å²) in [6.07, 6.45) is 1.17. The van der Waals surface area contributed by atoms with E-state index in [2.05, 4.69) is 6.07 Å². The SMILES string of the molecule is CCC12C(=O)CC(Sc3ccccc3C)C1C2C(=O)O. The summed E-state index contributed by atoms with van der Waals surface area (Å²) >= 11 is 1.68. The topological polar surface area (TPSA) is 54.4 Å². The first kappa shape index (κ1) is 13.7. The zero-order valence-electron chi connectivity index (χ0n) is 11.6. The van der Waals surface area contributed by atoms with Crippen molar-refractivity contribution in [1.29, 1.82) is 0 Å². The number of aliphatic carboxylic acids is 1. The number of hydrogen-bond acceptors (Lipinski definition) is 3. The van der Waals surface area contributed by atoms with Crippen LogP contribution in [0, 0.1) is 24.2 Å². The van der Waals surface area contributed by atoms with Gasteiger partial charge in [-0.25, -0.2) is 0 Å². The van der Waals surface area contributed by atoms with Crippen LogP contribution in [-0.4, -0.2) is 22.1 Å². The van der Waals surface area contributed by atoms with Gasteiger partial charge < -0.3 is 5.11 Å². The summed E-state index contributed by atoms with van der Waals surface area (Å²) in [5.41, 5.74) is 0.623. The van der Waals surface area contributed by atoms with E-state index >= 15 is 0 Å². The zero-order chi connectivity index (χ0) is 14.5. The number of carboxylic acid groups (broad SMARTS) is 1. The third-order valence-electron chi connectivity index (χ3n) is 4.93. The lowest BCUT2D eigenvalue weighted by molar-refractivity contribution is -0.142. The first-order valence-corrected chi connectivity index (χ1v) is 7.88. The number of thioether (sulfide) groups is 1. The number of carbonyl (C=O) groups is 2. The van der Waals surface area contributed by atoms with Crippen molar-refractivity contribution in [3.8, 4) is 0 Å². The first-order chi connectivity index (χ1) is 9.52. The van der Waals surface area contributed by atoms with E-state index in [1.807, 2.05) is 32.0 Å². The molecule has 0 spiro atoms. The van der Waals surface area contributed by atoms with Crippen molar-refractivity contribution >= 4 is 23.5 Å². The average molecular weight is 290 g/mol. The largest absolute Gasteiger partial charge is 0.481 e. The maximum atomic E-state index is 12.3. The first-order valence-electron chi connectivity index (χ1n) is 7.00. The second-order valence-electron chi connectivity index (χ2n) is 5.78. The Labute approximate surface area is 122 Å². The fourth-order valence-electron chi connectivity index (χ4n) is 3.87. The van der Waals surface area contributed by atoms with Gasteiger partial charge in [0.05, 0.1) is 5.92 Å². The van der Waals surface area contributed by atoms with Crippen LogP contribution >= 0.6 is 11.8 Å². The molecule has 20 heavy (non-hydrogen) atoms. The van der Waals surface area contributed by atoms with Gasteiger partial charge in [-0.1, -0.05) is 25.1 Å². The van der Waals surface area contributed by atoms with Crippen LogP contribution < -0.4 is 0 Å². The molecule has 0 aliphatic heterocycles. The zero-order valence-corrected chi connectivity index (χ0v) is 12.4. The lowest BCUT2D eigenvalue weighted by Gasteiger charge is -2.13. The minimum atomic E-state index is -0.805. The van der Waals surface area contributed by atoms with E-state index in [1.165, 1.54) is 5.56 Å². The number of rotatable bonds is 4. The highest BCUT2D eigenvalue weighted by Crippen LogP contribution is 2.71. The fourth-order valence-corrected chi connectivity index (χ4v) is 5.39. The van der Waals surface area contributed by atoms with Crippen molar-refractivity contribution in [2.75, 3.05) is 0 Å². The van der Waals surface area contributed by atoms with Crippen molar-refractivity contribution in [1.82, 2.24) is 0 Å². The number of aryl methyl sites for hydroxylation is 1. The predicted octanol–water partition coefficient (Wildman–Crippen LogP) is 3.16. The second-order valence-corrected chi connectivity index (χ2v) is 7.07. The summed E-state index contributed by atoms with van der Waals surface area (Å²) in [5.74, 6) is -1.10. The van der Waals surface area contributed by atoms with Gasteiger partial charge in [0.15, 0.2) is 0 Å². The van der Waals surface area contributed by atoms with Gasteiger partial charge in [-0.2, -0.15) is 0 Å².